The monoisotopic (exact) mass is 440 g/mol. The summed E-state index contributed by atoms with van der Waals surface area (Å²) in [5.41, 5.74) is 2.92. The smallest absolute Gasteiger partial charge is 0.209 e. The van der Waals surface area contributed by atoms with Crippen LogP contribution >= 0.6 is 15.9 Å². The molecule has 2 aliphatic rings. The van der Waals surface area contributed by atoms with Gasteiger partial charge in [-0.05, 0) is 68.0 Å². The van der Waals surface area contributed by atoms with Crippen molar-refractivity contribution in [3.8, 4) is 0 Å². The zero-order valence-electron chi connectivity index (χ0n) is 16.4. The molecule has 2 aromatic carbocycles. The Labute approximate surface area is 176 Å². The first-order chi connectivity index (χ1) is 13.7. The van der Waals surface area contributed by atoms with Crippen molar-refractivity contribution in [1.82, 2.24) is 9.80 Å². The van der Waals surface area contributed by atoms with Crippen molar-refractivity contribution in [2.45, 2.75) is 37.6 Å². The van der Waals surface area contributed by atoms with E-state index >= 15 is 0 Å². The number of piperidine rings is 2. The fourth-order valence-electron chi connectivity index (χ4n) is 5.27. The van der Waals surface area contributed by atoms with Crippen LogP contribution in [0.25, 0.3) is 0 Å². The van der Waals surface area contributed by atoms with Crippen LogP contribution in [0.2, 0.25) is 0 Å². The Bertz CT molecular complexity index is 771. The highest BCUT2D eigenvalue weighted by molar-refractivity contribution is 9.10. The van der Waals surface area contributed by atoms with Gasteiger partial charge in [-0.25, -0.2) is 0 Å². The number of rotatable bonds is 5. The molecule has 0 saturated carbocycles. The Hall–Kier alpha value is -1.65. The fourth-order valence-corrected chi connectivity index (χ4v) is 5.54. The summed E-state index contributed by atoms with van der Waals surface area (Å²) in [6.07, 6.45) is 5.77. The number of nitrogens with zero attached hydrogens (tertiary/aromatic N) is 2. The Morgan fingerprint density at radius 1 is 1.00 bits per heavy atom. The second-order valence-electron chi connectivity index (χ2n) is 8.38. The molecule has 0 aromatic heterocycles. The molecule has 2 aromatic rings. The van der Waals surface area contributed by atoms with Gasteiger partial charge in [0.05, 0.1) is 0 Å². The number of hydrogen-bond acceptors (Lipinski definition) is 2. The van der Waals surface area contributed by atoms with Crippen LogP contribution in [0.1, 0.15) is 36.8 Å². The van der Waals surface area contributed by atoms with Crippen molar-refractivity contribution in [2.75, 3.05) is 26.2 Å². The quantitative estimate of drug-likeness (QED) is 0.620. The number of amides is 1. The first-order valence-electron chi connectivity index (χ1n) is 10.4. The van der Waals surface area contributed by atoms with Gasteiger partial charge >= 0.3 is 0 Å². The molecule has 2 heterocycles. The van der Waals surface area contributed by atoms with Gasteiger partial charge in [-0.2, -0.15) is 0 Å². The maximum absolute atomic E-state index is 11.6. The second-order valence-corrected chi connectivity index (χ2v) is 9.29. The minimum atomic E-state index is 0.115. The number of hydrogen-bond donors (Lipinski definition) is 0. The maximum Gasteiger partial charge on any atom is 0.209 e. The minimum Gasteiger partial charge on any atom is -0.344 e. The van der Waals surface area contributed by atoms with E-state index in [0.29, 0.717) is 5.92 Å². The van der Waals surface area contributed by atoms with E-state index in [9.17, 15) is 4.79 Å². The third kappa shape index (κ3) is 4.18. The number of carbonyl (C=O) groups is 1. The highest BCUT2D eigenvalue weighted by Crippen LogP contribution is 2.44. The topological polar surface area (TPSA) is 23.6 Å². The molecule has 0 bridgehead atoms. The van der Waals surface area contributed by atoms with Crippen molar-refractivity contribution in [3.63, 3.8) is 0 Å². The van der Waals surface area contributed by atoms with E-state index in [2.05, 4.69) is 75.4 Å². The van der Waals surface area contributed by atoms with Gasteiger partial charge in [0.15, 0.2) is 0 Å². The van der Waals surface area contributed by atoms with Gasteiger partial charge in [0, 0.05) is 29.5 Å². The van der Waals surface area contributed by atoms with E-state index in [0.717, 1.165) is 50.0 Å². The van der Waals surface area contributed by atoms with E-state index < -0.39 is 0 Å². The van der Waals surface area contributed by atoms with Gasteiger partial charge in [0.25, 0.3) is 0 Å². The van der Waals surface area contributed by atoms with Crippen LogP contribution in [0.15, 0.2) is 59.1 Å². The molecular weight excluding hydrogens is 412 g/mol. The standard InChI is InChI=1S/C24H29BrN2O/c25-23-9-7-20(8-10-23)17-26-15-11-22(12-16-26)24(21-5-2-1-3-6-21)13-4-14-27(18-24)19-28/h1-3,5-10,19,22H,4,11-18H2. The predicted octanol–water partition coefficient (Wildman–Crippen LogP) is 4.85. The Kier molecular flexibility index (Phi) is 6.17. The Morgan fingerprint density at radius 3 is 2.39 bits per heavy atom. The average Bonchev–Trinajstić information content (AvgIpc) is 2.76. The molecule has 148 valence electrons. The third-order valence-corrected chi connectivity index (χ3v) is 7.27. The first kappa shape index (κ1) is 19.7. The van der Waals surface area contributed by atoms with Crippen LogP contribution in [-0.4, -0.2) is 42.4 Å². The van der Waals surface area contributed by atoms with Crippen LogP contribution in [-0.2, 0) is 16.8 Å². The van der Waals surface area contributed by atoms with Crippen molar-refractivity contribution < 1.29 is 4.79 Å². The molecule has 2 saturated heterocycles. The lowest BCUT2D eigenvalue weighted by Gasteiger charge is -2.49. The summed E-state index contributed by atoms with van der Waals surface area (Å²) in [6.45, 7) is 5.07. The van der Waals surface area contributed by atoms with Crippen LogP contribution in [0.3, 0.4) is 0 Å². The van der Waals surface area contributed by atoms with Gasteiger partial charge < -0.3 is 4.90 Å². The molecule has 3 nitrogen and oxygen atoms in total. The molecular formula is C24H29BrN2O. The molecule has 0 aliphatic carbocycles. The van der Waals surface area contributed by atoms with E-state index in [1.807, 2.05) is 4.90 Å². The van der Waals surface area contributed by atoms with Crippen molar-refractivity contribution >= 4 is 22.3 Å². The van der Waals surface area contributed by atoms with Crippen molar-refractivity contribution in [3.05, 3.63) is 70.2 Å². The zero-order valence-corrected chi connectivity index (χ0v) is 18.0. The number of carbonyl (C=O) groups excluding carboxylic acids is 1. The van der Waals surface area contributed by atoms with Crippen LogP contribution < -0.4 is 0 Å². The van der Waals surface area contributed by atoms with Gasteiger partial charge in [0.2, 0.25) is 6.41 Å². The summed E-state index contributed by atoms with van der Waals surface area (Å²) < 4.78 is 1.14. The van der Waals surface area contributed by atoms with Gasteiger partial charge in [-0.15, -0.1) is 0 Å². The maximum atomic E-state index is 11.6. The molecule has 2 fully saturated rings. The third-order valence-electron chi connectivity index (χ3n) is 6.74. The van der Waals surface area contributed by atoms with Gasteiger partial charge in [0.1, 0.15) is 0 Å². The molecule has 1 atom stereocenters. The van der Waals surface area contributed by atoms with E-state index in [1.54, 1.807) is 0 Å². The minimum absolute atomic E-state index is 0.115. The summed E-state index contributed by atoms with van der Waals surface area (Å²) >= 11 is 3.52. The summed E-state index contributed by atoms with van der Waals surface area (Å²) in [5.74, 6) is 0.638. The molecule has 0 N–H and O–H groups in total. The lowest BCUT2D eigenvalue weighted by molar-refractivity contribution is -0.121. The lowest BCUT2D eigenvalue weighted by Crippen LogP contribution is -2.52. The normalized spacial score (nSPS) is 24.2. The summed E-state index contributed by atoms with van der Waals surface area (Å²) in [4.78, 5) is 16.1. The molecule has 28 heavy (non-hydrogen) atoms. The molecule has 0 spiro atoms. The Balaban J connectivity index is 1.48. The molecule has 4 heteroatoms. The molecule has 1 unspecified atom stereocenters. The molecule has 1 amide bonds. The largest absolute Gasteiger partial charge is 0.344 e. The second kappa shape index (κ2) is 8.79. The summed E-state index contributed by atoms with van der Waals surface area (Å²) in [6, 6.07) is 19.6. The van der Waals surface area contributed by atoms with Gasteiger partial charge in [-0.1, -0.05) is 58.4 Å². The van der Waals surface area contributed by atoms with Crippen molar-refractivity contribution in [2.24, 2.45) is 5.92 Å². The highest BCUT2D eigenvalue weighted by Gasteiger charge is 2.44. The number of halogens is 1. The lowest BCUT2D eigenvalue weighted by atomic mass is 9.62. The van der Waals surface area contributed by atoms with Crippen molar-refractivity contribution in [1.29, 1.82) is 0 Å². The molecule has 4 rings (SSSR count). The van der Waals surface area contributed by atoms with E-state index in [1.165, 1.54) is 30.4 Å². The van der Waals surface area contributed by atoms with Crippen LogP contribution in [0, 0.1) is 5.92 Å². The SMILES string of the molecule is O=CN1CCCC(c2ccccc2)(C2CCN(Cc3ccc(Br)cc3)CC2)C1. The zero-order chi connectivity index (χ0) is 19.4. The Morgan fingerprint density at radius 2 is 1.71 bits per heavy atom. The van der Waals surface area contributed by atoms with Gasteiger partial charge in [-0.3, -0.25) is 9.69 Å². The fraction of sp³-hybridized carbons (Fsp3) is 0.458. The summed E-state index contributed by atoms with van der Waals surface area (Å²) in [7, 11) is 0. The first-order valence-corrected chi connectivity index (χ1v) is 11.2. The number of likely N-dealkylation sites (tertiary alicyclic amines) is 2. The average molecular weight is 441 g/mol. The van der Waals surface area contributed by atoms with Crippen LogP contribution in [0.4, 0.5) is 0 Å². The number of benzene rings is 2. The summed E-state index contributed by atoms with van der Waals surface area (Å²) in [5, 5.41) is 0. The van der Waals surface area contributed by atoms with Crippen LogP contribution in [0.5, 0.6) is 0 Å². The predicted molar refractivity (Wildman–Crippen MR) is 117 cm³/mol. The van der Waals surface area contributed by atoms with E-state index in [-0.39, 0.29) is 5.41 Å². The highest BCUT2D eigenvalue weighted by atomic mass is 79.9. The molecule has 0 radical (unpaired) electrons. The molecule has 2 aliphatic heterocycles. The van der Waals surface area contributed by atoms with E-state index in [4.69, 9.17) is 0 Å².